The Morgan fingerprint density at radius 2 is 1.86 bits per heavy atom. The fourth-order valence-corrected chi connectivity index (χ4v) is 3.33. The van der Waals surface area contributed by atoms with Crippen LogP contribution < -0.4 is 5.73 Å². The molecule has 0 bridgehead atoms. The molecule has 4 heteroatoms. The second-order valence-corrected chi connectivity index (χ2v) is 6.27. The Hall–Kier alpha value is -1.42. The molecular weight excluding hydrogens is 262 g/mol. The van der Waals surface area contributed by atoms with Crippen LogP contribution >= 0.6 is 0 Å². The minimum atomic E-state index is -0.355. The van der Waals surface area contributed by atoms with Crippen LogP contribution in [0, 0.1) is 5.41 Å². The summed E-state index contributed by atoms with van der Waals surface area (Å²) in [5.41, 5.74) is 6.79. The minimum absolute atomic E-state index is 0.0483. The van der Waals surface area contributed by atoms with Gasteiger partial charge in [0.25, 0.3) is 0 Å². The van der Waals surface area contributed by atoms with Gasteiger partial charge in [-0.05, 0) is 37.5 Å². The van der Waals surface area contributed by atoms with Crippen molar-refractivity contribution in [3.05, 3.63) is 30.1 Å². The number of nitrogens with two attached hydrogens (primary N) is 1. The van der Waals surface area contributed by atoms with Crippen LogP contribution in [-0.2, 0) is 4.79 Å². The standard InChI is InChI=1S/C17H27N3O/c1-14(15-7-11-19-12-8-15)20(2)16(21)17(13-18)9-5-3-4-6-10-17/h7-8,11-12,14H,3-6,9-10,13,18H2,1-2H3. The van der Waals surface area contributed by atoms with Gasteiger partial charge in [-0.15, -0.1) is 0 Å². The van der Waals surface area contributed by atoms with Gasteiger partial charge in [0.05, 0.1) is 11.5 Å². The second kappa shape index (κ2) is 7.03. The van der Waals surface area contributed by atoms with E-state index >= 15 is 0 Å². The van der Waals surface area contributed by atoms with Crippen LogP contribution in [0.5, 0.6) is 0 Å². The molecule has 116 valence electrons. The first-order valence-electron chi connectivity index (χ1n) is 7.98. The Bertz CT molecular complexity index is 452. The predicted octanol–water partition coefficient (Wildman–Crippen LogP) is 2.90. The first-order valence-corrected chi connectivity index (χ1v) is 7.98. The molecule has 1 aliphatic rings. The number of pyridine rings is 1. The molecule has 2 N–H and O–H groups in total. The number of hydrogen-bond acceptors (Lipinski definition) is 3. The molecule has 1 aliphatic carbocycles. The van der Waals surface area contributed by atoms with Crippen LogP contribution in [0.15, 0.2) is 24.5 Å². The molecule has 2 rings (SSSR count). The third-order valence-corrected chi connectivity index (χ3v) is 4.99. The highest BCUT2D eigenvalue weighted by Crippen LogP contribution is 2.37. The Kier molecular flexibility index (Phi) is 5.34. The topological polar surface area (TPSA) is 59.2 Å². The molecule has 0 radical (unpaired) electrons. The van der Waals surface area contributed by atoms with Gasteiger partial charge >= 0.3 is 0 Å². The van der Waals surface area contributed by atoms with Crippen molar-refractivity contribution in [1.29, 1.82) is 0 Å². The van der Waals surface area contributed by atoms with Crippen LogP contribution in [0.1, 0.15) is 57.1 Å². The van der Waals surface area contributed by atoms with E-state index in [0.29, 0.717) is 6.54 Å². The quantitative estimate of drug-likeness (QED) is 0.867. The lowest BCUT2D eigenvalue weighted by Crippen LogP contribution is -2.47. The molecule has 1 fully saturated rings. The second-order valence-electron chi connectivity index (χ2n) is 6.27. The summed E-state index contributed by atoms with van der Waals surface area (Å²) in [7, 11) is 1.90. The van der Waals surface area contributed by atoms with Crippen molar-refractivity contribution in [2.75, 3.05) is 13.6 Å². The van der Waals surface area contributed by atoms with Crippen molar-refractivity contribution in [2.45, 2.75) is 51.5 Å². The molecule has 0 aromatic carbocycles. The Morgan fingerprint density at radius 1 is 1.29 bits per heavy atom. The van der Waals surface area contributed by atoms with E-state index in [0.717, 1.165) is 31.2 Å². The van der Waals surface area contributed by atoms with Gasteiger partial charge in [0.2, 0.25) is 5.91 Å². The smallest absolute Gasteiger partial charge is 0.230 e. The number of carbonyl (C=O) groups excluding carboxylic acids is 1. The van der Waals surface area contributed by atoms with E-state index in [1.54, 1.807) is 12.4 Å². The molecule has 0 spiro atoms. The molecule has 4 nitrogen and oxygen atoms in total. The van der Waals surface area contributed by atoms with E-state index in [4.69, 9.17) is 5.73 Å². The van der Waals surface area contributed by atoms with Gasteiger partial charge in [-0.1, -0.05) is 25.7 Å². The zero-order chi connectivity index (χ0) is 15.3. The van der Waals surface area contributed by atoms with Crippen LogP contribution in [0.3, 0.4) is 0 Å². The summed E-state index contributed by atoms with van der Waals surface area (Å²) in [6.45, 7) is 2.52. The SMILES string of the molecule is CC(c1ccncc1)N(C)C(=O)C1(CN)CCCCCC1. The lowest BCUT2D eigenvalue weighted by atomic mass is 9.78. The molecule has 1 aromatic rings. The fourth-order valence-electron chi connectivity index (χ4n) is 3.33. The van der Waals surface area contributed by atoms with Crippen LogP contribution in [0.25, 0.3) is 0 Å². The molecule has 0 saturated heterocycles. The van der Waals surface area contributed by atoms with Crippen molar-refractivity contribution >= 4 is 5.91 Å². The van der Waals surface area contributed by atoms with E-state index in [2.05, 4.69) is 11.9 Å². The zero-order valence-corrected chi connectivity index (χ0v) is 13.2. The van der Waals surface area contributed by atoms with Gasteiger partial charge in [0.15, 0.2) is 0 Å². The summed E-state index contributed by atoms with van der Waals surface area (Å²) >= 11 is 0. The van der Waals surface area contributed by atoms with E-state index in [1.165, 1.54) is 12.8 Å². The van der Waals surface area contributed by atoms with E-state index in [9.17, 15) is 4.79 Å². The van der Waals surface area contributed by atoms with Crippen molar-refractivity contribution in [3.8, 4) is 0 Å². The largest absolute Gasteiger partial charge is 0.338 e. The van der Waals surface area contributed by atoms with Gasteiger partial charge in [-0.3, -0.25) is 9.78 Å². The number of rotatable bonds is 4. The minimum Gasteiger partial charge on any atom is -0.338 e. The summed E-state index contributed by atoms with van der Waals surface area (Å²) in [6, 6.07) is 3.99. The van der Waals surface area contributed by atoms with Crippen molar-refractivity contribution in [2.24, 2.45) is 11.1 Å². The van der Waals surface area contributed by atoms with Crippen molar-refractivity contribution in [3.63, 3.8) is 0 Å². The molecule has 1 heterocycles. The maximum Gasteiger partial charge on any atom is 0.230 e. The van der Waals surface area contributed by atoms with Gasteiger partial charge in [0.1, 0.15) is 0 Å². The summed E-state index contributed by atoms with van der Waals surface area (Å²) in [4.78, 5) is 19.0. The first-order chi connectivity index (χ1) is 10.1. The van der Waals surface area contributed by atoms with Gasteiger partial charge < -0.3 is 10.6 Å². The third kappa shape index (κ3) is 3.43. The first kappa shape index (κ1) is 16.0. The Balaban J connectivity index is 2.16. The van der Waals surface area contributed by atoms with Gasteiger partial charge in [-0.25, -0.2) is 0 Å². The molecule has 0 aliphatic heterocycles. The van der Waals surface area contributed by atoms with Crippen LogP contribution in [-0.4, -0.2) is 29.4 Å². The number of aromatic nitrogens is 1. The maximum atomic E-state index is 13.0. The summed E-state index contributed by atoms with van der Waals surface area (Å²) in [5.74, 6) is 0.205. The van der Waals surface area contributed by atoms with Gasteiger partial charge in [-0.2, -0.15) is 0 Å². The highest BCUT2D eigenvalue weighted by atomic mass is 16.2. The normalized spacial score (nSPS) is 19.6. The number of carbonyl (C=O) groups is 1. The molecule has 1 saturated carbocycles. The summed E-state index contributed by atoms with van der Waals surface area (Å²) in [5, 5.41) is 0. The maximum absolute atomic E-state index is 13.0. The van der Waals surface area contributed by atoms with E-state index in [-0.39, 0.29) is 17.4 Å². The fraction of sp³-hybridized carbons (Fsp3) is 0.647. The molecule has 1 aromatic heterocycles. The molecule has 1 amide bonds. The molecule has 1 unspecified atom stereocenters. The predicted molar refractivity (Wildman–Crippen MR) is 84.6 cm³/mol. The van der Waals surface area contributed by atoms with Crippen LogP contribution in [0.2, 0.25) is 0 Å². The average molecular weight is 289 g/mol. The van der Waals surface area contributed by atoms with E-state index in [1.807, 2.05) is 24.1 Å². The molecule has 21 heavy (non-hydrogen) atoms. The molecular formula is C17H27N3O. The van der Waals surface area contributed by atoms with Gasteiger partial charge in [0, 0.05) is 26.0 Å². The van der Waals surface area contributed by atoms with Crippen molar-refractivity contribution in [1.82, 2.24) is 9.88 Å². The highest BCUT2D eigenvalue weighted by Gasteiger charge is 2.40. The monoisotopic (exact) mass is 289 g/mol. The lowest BCUT2D eigenvalue weighted by Gasteiger charge is -2.37. The summed E-state index contributed by atoms with van der Waals surface area (Å²) < 4.78 is 0. The number of nitrogens with zero attached hydrogens (tertiary/aromatic N) is 2. The average Bonchev–Trinajstić information content (AvgIpc) is 2.80. The lowest BCUT2D eigenvalue weighted by molar-refractivity contribution is -0.143. The number of hydrogen-bond donors (Lipinski definition) is 1. The summed E-state index contributed by atoms with van der Waals surface area (Å²) in [6.07, 6.45) is 10.1. The molecule has 1 atom stereocenters. The van der Waals surface area contributed by atoms with Crippen LogP contribution in [0.4, 0.5) is 0 Å². The Morgan fingerprint density at radius 3 is 2.38 bits per heavy atom. The van der Waals surface area contributed by atoms with Crippen molar-refractivity contribution < 1.29 is 4.79 Å². The number of amides is 1. The zero-order valence-electron chi connectivity index (χ0n) is 13.2. The highest BCUT2D eigenvalue weighted by molar-refractivity contribution is 5.83. The van der Waals surface area contributed by atoms with E-state index < -0.39 is 0 Å². The Labute approximate surface area is 127 Å². The third-order valence-electron chi connectivity index (χ3n) is 4.99.